The number of nitrogens with zero attached hydrogens (tertiary/aromatic N) is 1. The fourth-order valence-corrected chi connectivity index (χ4v) is 4.28. The van der Waals surface area contributed by atoms with Gasteiger partial charge in [-0.15, -0.1) is 0 Å². The summed E-state index contributed by atoms with van der Waals surface area (Å²) in [6, 6.07) is 22.2. The Bertz CT molecular complexity index is 1150. The topological polar surface area (TPSA) is 47.8 Å². The molecular weight excluding hydrogens is 401 g/mol. The molecule has 0 N–H and O–H groups in total. The van der Waals surface area contributed by atoms with Crippen LogP contribution in [0.4, 0.5) is 0 Å². The predicted molar refractivity (Wildman–Crippen MR) is 116 cm³/mol. The summed E-state index contributed by atoms with van der Waals surface area (Å²) in [7, 11) is 1.60. The Morgan fingerprint density at radius 1 is 1.03 bits per heavy atom. The molecule has 5 nitrogen and oxygen atoms in total. The minimum absolute atomic E-state index is 0.315. The molecule has 0 aliphatic carbocycles. The van der Waals surface area contributed by atoms with Gasteiger partial charge < -0.3 is 18.5 Å². The van der Waals surface area contributed by atoms with Gasteiger partial charge in [-0.25, -0.2) is 4.79 Å². The van der Waals surface area contributed by atoms with Crippen LogP contribution in [0.25, 0.3) is 0 Å². The van der Waals surface area contributed by atoms with Crippen molar-refractivity contribution in [3.05, 3.63) is 88.9 Å². The van der Waals surface area contributed by atoms with Crippen molar-refractivity contribution in [3.63, 3.8) is 0 Å². The van der Waals surface area contributed by atoms with Gasteiger partial charge in [-0.1, -0.05) is 54.1 Å². The van der Waals surface area contributed by atoms with Gasteiger partial charge in [-0.3, -0.25) is 0 Å². The van der Waals surface area contributed by atoms with E-state index in [1.165, 1.54) is 0 Å². The molecule has 3 aromatic rings. The Hall–Kier alpha value is -3.25. The molecule has 0 spiro atoms. The third-order valence-corrected chi connectivity index (χ3v) is 5.91. The quantitative estimate of drug-likeness (QED) is 0.610. The Kier molecular flexibility index (Phi) is 4.52. The minimum atomic E-state index is -2.26. The van der Waals surface area contributed by atoms with E-state index in [1.54, 1.807) is 25.3 Å². The third kappa shape index (κ3) is 3.04. The first-order valence-corrected chi connectivity index (χ1v) is 10.1. The first kappa shape index (κ1) is 18.8. The Balaban J connectivity index is 1.65. The lowest BCUT2D eigenvalue weighted by Crippen LogP contribution is -2.64. The molecule has 0 bridgehead atoms. The Morgan fingerprint density at radius 2 is 1.80 bits per heavy atom. The molecule has 5 rings (SSSR count). The molecular formula is C23H19BClNO4. The first-order chi connectivity index (χ1) is 14.6. The Morgan fingerprint density at radius 3 is 2.53 bits per heavy atom. The molecule has 0 saturated carbocycles. The average molecular weight is 420 g/mol. The first-order valence-electron chi connectivity index (χ1n) is 9.76. The van der Waals surface area contributed by atoms with Crippen molar-refractivity contribution in [2.24, 2.45) is 0 Å². The van der Waals surface area contributed by atoms with Gasteiger partial charge in [-0.05, 0) is 35.3 Å². The molecule has 150 valence electrons. The second kappa shape index (κ2) is 7.22. The summed E-state index contributed by atoms with van der Waals surface area (Å²) in [5.74, 6) is 0.960. The van der Waals surface area contributed by atoms with Gasteiger partial charge >= 0.3 is 12.7 Å². The van der Waals surface area contributed by atoms with Crippen LogP contribution in [0, 0.1) is 0 Å². The fourth-order valence-electron chi connectivity index (χ4n) is 4.15. The van der Waals surface area contributed by atoms with Gasteiger partial charge in [0.1, 0.15) is 12.0 Å². The van der Waals surface area contributed by atoms with Crippen LogP contribution in [-0.2, 0) is 15.9 Å². The number of carbonyl (C=O) groups excluding carboxylic acids is 1. The van der Waals surface area contributed by atoms with Crippen LogP contribution in [0.2, 0.25) is 5.02 Å². The highest BCUT2D eigenvalue weighted by atomic mass is 35.5. The zero-order valence-corrected chi connectivity index (χ0v) is 17.1. The van der Waals surface area contributed by atoms with E-state index in [0.717, 1.165) is 16.6 Å². The van der Waals surface area contributed by atoms with Crippen LogP contribution in [0.15, 0.2) is 72.8 Å². The van der Waals surface area contributed by atoms with Crippen molar-refractivity contribution in [2.75, 3.05) is 7.11 Å². The minimum Gasteiger partial charge on any atom is -0.618 e. The highest BCUT2D eigenvalue weighted by Gasteiger charge is 2.61. The molecule has 2 aliphatic rings. The van der Waals surface area contributed by atoms with Gasteiger partial charge in [0.05, 0.1) is 18.4 Å². The number of hydrogen-bond donors (Lipinski definition) is 0. The number of halogens is 1. The summed E-state index contributed by atoms with van der Waals surface area (Å²) in [6.45, 7) is -2.26. The molecule has 1 saturated heterocycles. The smallest absolute Gasteiger partial charge is 0.618 e. The van der Waals surface area contributed by atoms with Crippen LogP contribution in [0.5, 0.6) is 11.5 Å². The normalized spacial score (nSPS) is 21.7. The molecule has 1 unspecified atom stereocenters. The van der Waals surface area contributed by atoms with E-state index in [-0.39, 0.29) is 5.97 Å². The zero-order chi connectivity index (χ0) is 20.7. The summed E-state index contributed by atoms with van der Waals surface area (Å²) < 4.78 is 19.7. The second-order valence-corrected chi connectivity index (χ2v) is 7.90. The van der Waals surface area contributed by atoms with Crippen molar-refractivity contribution < 1.29 is 23.3 Å². The lowest BCUT2D eigenvalue weighted by molar-refractivity contribution is -0.432. The van der Waals surface area contributed by atoms with Crippen LogP contribution >= 0.6 is 11.6 Å². The van der Waals surface area contributed by atoms with Crippen molar-refractivity contribution >= 4 is 35.9 Å². The Labute approximate surface area is 179 Å². The van der Waals surface area contributed by atoms with Crippen LogP contribution < -0.4 is 14.9 Å². The molecule has 2 heterocycles. The molecule has 3 aromatic carbocycles. The zero-order valence-electron chi connectivity index (χ0n) is 16.3. The number of benzene rings is 3. The lowest BCUT2D eigenvalue weighted by Gasteiger charge is -2.35. The molecule has 1 fully saturated rings. The fraction of sp³-hybridized carbons (Fsp3) is 0.130. The summed E-state index contributed by atoms with van der Waals surface area (Å²) >= 11 is 6.10. The van der Waals surface area contributed by atoms with E-state index in [9.17, 15) is 4.79 Å². The van der Waals surface area contributed by atoms with E-state index in [0.29, 0.717) is 22.9 Å². The standard InChI is InChI=1S/C23H19BClNO4/c1-28-20-12-7-17-15-26-21(13-16-5-3-2-4-6-16)23(27)30-24(26,29-22(17)14-20)18-8-10-19(25)11-9-18/h2-12,14-15,21H,13H2,1H3/t21-,24?/m0/s1. The molecule has 0 radical (unpaired) electrons. The van der Waals surface area contributed by atoms with Crippen molar-refractivity contribution in [3.8, 4) is 11.5 Å². The van der Waals surface area contributed by atoms with E-state index in [1.807, 2.05) is 65.3 Å². The summed E-state index contributed by atoms with van der Waals surface area (Å²) in [5, 5.41) is 0.601. The van der Waals surface area contributed by atoms with Crippen LogP contribution in [0.1, 0.15) is 11.1 Å². The molecule has 0 aromatic heterocycles. The number of methoxy groups -OCH3 is 1. The third-order valence-electron chi connectivity index (χ3n) is 5.66. The van der Waals surface area contributed by atoms with Gasteiger partial charge in [0, 0.05) is 17.5 Å². The van der Waals surface area contributed by atoms with E-state index in [4.69, 9.17) is 25.6 Å². The van der Waals surface area contributed by atoms with Crippen LogP contribution in [0.3, 0.4) is 0 Å². The number of fused-ring (bicyclic) bond motifs is 2. The van der Waals surface area contributed by atoms with Gasteiger partial charge in [0.15, 0.2) is 0 Å². The maximum absolute atomic E-state index is 13.1. The highest BCUT2D eigenvalue weighted by molar-refractivity contribution is 6.77. The molecule has 0 amide bonds. The SMILES string of the molecule is COc1ccc2c(c1)O[B-]1(c3ccc(Cl)cc3)OC(=O)[C@H](Cc3ccccc3)[N+]1=C2. The lowest BCUT2D eigenvalue weighted by atomic mass is 9.62. The molecule has 2 atom stereocenters. The van der Waals surface area contributed by atoms with Crippen LogP contribution in [-0.4, -0.2) is 36.5 Å². The van der Waals surface area contributed by atoms with Crippen molar-refractivity contribution in [1.82, 2.24) is 0 Å². The number of ether oxygens (including phenoxy) is 1. The van der Waals surface area contributed by atoms with Gasteiger partial charge in [-0.2, -0.15) is 0 Å². The van der Waals surface area contributed by atoms with Crippen molar-refractivity contribution in [1.29, 1.82) is 0 Å². The molecule has 7 heteroatoms. The monoisotopic (exact) mass is 419 g/mol. The number of carbonyl (C=O) groups is 1. The van der Waals surface area contributed by atoms with Crippen molar-refractivity contribution in [2.45, 2.75) is 12.5 Å². The predicted octanol–water partition coefficient (Wildman–Crippen LogP) is 3.19. The van der Waals surface area contributed by atoms with E-state index in [2.05, 4.69) is 0 Å². The highest BCUT2D eigenvalue weighted by Crippen LogP contribution is 2.34. The second-order valence-electron chi connectivity index (χ2n) is 7.46. The number of hydrogen-bond acceptors (Lipinski definition) is 4. The largest absolute Gasteiger partial charge is 0.682 e. The maximum atomic E-state index is 13.1. The summed E-state index contributed by atoms with van der Waals surface area (Å²) in [5.41, 5.74) is 2.66. The van der Waals surface area contributed by atoms with E-state index < -0.39 is 12.7 Å². The van der Waals surface area contributed by atoms with Gasteiger partial charge in [0.2, 0.25) is 6.04 Å². The summed E-state index contributed by atoms with van der Waals surface area (Å²) in [4.78, 5) is 13.1. The number of rotatable bonds is 4. The average Bonchev–Trinajstić information content (AvgIpc) is 3.04. The van der Waals surface area contributed by atoms with Gasteiger partial charge in [0.25, 0.3) is 0 Å². The molecule has 2 aliphatic heterocycles. The van der Waals surface area contributed by atoms with E-state index >= 15 is 0 Å². The summed E-state index contributed by atoms with van der Waals surface area (Å²) in [6.07, 6.45) is 2.47. The maximum Gasteiger partial charge on any atom is 0.682 e. The molecule has 30 heavy (non-hydrogen) atoms.